The van der Waals surface area contributed by atoms with Crippen LogP contribution in [0.1, 0.15) is 57.9 Å². The summed E-state index contributed by atoms with van der Waals surface area (Å²) in [4.78, 5) is 37.5. The largest absolute Gasteiger partial charge is 0.332 e. The summed E-state index contributed by atoms with van der Waals surface area (Å²) in [5, 5.41) is 0. The summed E-state index contributed by atoms with van der Waals surface area (Å²) in [6, 6.07) is 8.82. The van der Waals surface area contributed by atoms with Gasteiger partial charge >= 0.3 is 5.69 Å². The summed E-state index contributed by atoms with van der Waals surface area (Å²) in [5.41, 5.74) is 2.03. The first kappa shape index (κ1) is 35.4. The van der Waals surface area contributed by atoms with Crippen LogP contribution in [0.15, 0.2) is 45.1 Å². The molecule has 0 N–H and O–H groups in total. The van der Waals surface area contributed by atoms with Crippen molar-refractivity contribution < 1.29 is 0 Å². The second-order valence-electron chi connectivity index (χ2n) is 10.8. The van der Waals surface area contributed by atoms with Crippen LogP contribution < -0.4 is 11.2 Å². The van der Waals surface area contributed by atoms with Gasteiger partial charge in [-0.05, 0) is 63.6 Å². The van der Waals surface area contributed by atoms with Gasteiger partial charge in [-0.25, -0.2) is 9.78 Å². The molecule has 230 valence electrons. The zero-order valence-electron chi connectivity index (χ0n) is 24.9. The van der Waals surface area contributed by atoms with Crippen molar-refractivity contribution >= 4 is 47.7 Å². The molecule has 1 aliphatic heterocycles. The van der Waals surface area contributed by atoms with Crippen LogP contribution in [0.4, 0.5) is 0 Å². The lowest BCUT2D eigenvalue weighted by atomic mass is 10.2. The lowest BCUT2D eigenvalue weighted by Gasteiger charge is -2.34. The molecule has 2 aromatic heterocycles. The fourth-order valence-electron chi connectivity index (χ4n) is 5.25. The lowest BCUT2D eigenvalue weighted by Crippen LogP contribution is -2.46. The van der Waals surface area contributed by atoms with Crippen LogP contribution in [-0.4, -0.2) is 73.5 Å². The van der Waals surface area contributed by atoms with E-state index in [1.54, 1.807) is 10.9 Å². The molecule has 41 heavy (non-hydrogen) atoms. The summed E-state index contributed by atoms with van der Waals surface area (Å²) in [6.07, 6.45) is 7.57. The van der Waals surface area contributed by atoms with E-state index >= 15 is 0 Å². The quantitative estimate of drug-likeness (QED) is 0.168. The molecule has 0 radical (unpaired) electrons. The molecule has 0 bridgehead atoms. The third-order valence-corrected chi connectivity index (χ3v) is 8.80. The number of benzene rings is 1. The van der Waals surface area contributed by atoms with E-state index in [-0.39, 0.29) is 36.1 Å². The minimum absolute atomic E-state index is 0. The van der Waals surface area contributed by atoms with E-state index in [4.69, 9.17) is 0 Å². The van der Waals surface area contributed by atoms with Gasteiger partial charge in [0.2, 0.25) is 0 Å². The number of thioether (sulfide) groups is 1. The minimum Gasteiger partial charge on any atom is -0.325 e. The van der Waals surface area contributed by atoms with Gasteiger partial charge in [0, 0.05) is 50.7 Å². The number of nitrogens with zero attached hydrogens (tertiary/aromatic N) is 6. The zero-order chi connectivity index (χ0) is 27.6. The van der Waals surface area contributed by atoms with Gasteiger partial charge in [0.15, 0.2) is 11.2 Å². The number of hydrogen-bond acceptors (Lipinski definition) is 6. The lowest BCUT2D eigenvalue weighted by molar-refractivity contribution is 0.131. The van der Waals surface area contributed by atoms with E-state index in [0.717, 1.165) is 83.7 Å². The number of hydrogen-bond donors (Lipinski definition) is 0. The molecule has 3 heterocycles. The van der Waals surface area contributed by atoms with Crippen LogP contribution in [-0.2, 0) is 19.6 Å². The molecule has 11 heteroatoms. The molecular weight excluding hydrogens is 579 g/mol. The van der Waals surface area contributed by atoms with Crippen LogP contribution in [0, 0.1) is 6.92 Å². The first-order chi connectivity index (χ1) is 19.0. The second kappa shape index (κ2) is 18.0. The van der Waals surface area contributed by atoms with E-state index in [0.29, 0.717) is 24.3 Å². The van der Waals surface area contributed by atoms with Crippen molar-refractivity contribution in [2.24, 2.45) is 0 Å². The molecule has 3 aromatic rings. The van der Waals surface area contributed by atoms with Gasteiger partial charge in [-0.3, -0.25) is 13.9 Å². The van der Waals surface area contributed by atoms with E-state index in [1.165, 1.54) is 21.4 Å². The predicted molar refractivity (Wildman–Crippen MR) is 177 cm³/mol. The molecule has 0 saturated carbocycles. The molecule has 0 atom stereocenters. The van der Waals surface area contributed by atoms with Crippen molar-refractivity contribution in [3.8, 4) is 0 Å². The highest BCUT2D eigenvalue weighted by Gasteiger charge is 2.19. The summed E-state index contributed by atoms with van der Waals surface area (Å²) in [5.74, 6) is 1.16. The van der Waals surface area contributed by atoms with Crippen LogP contribution in [0.3, 0.4) is 0 Å². The van der Waals surface area contributed by atoms with Crippen molar-refractivity contribution in [3.05, 3.63) is 57.0 Å². The number of aryl methyl sites for hydroxylation is 3. The SMILES string of the molecule is CCCCn1c(=O)c2c(ncn2CCCN2CCN(CCCSc3ccc(C)cc3)CC2)n(CCCC)c1=O.Cl.Cl. The fraction of sp³-hybridized carbons (Fsp3) is 0.633. The van der Waals surface area contributed by atoms with Gasteiger partial charge in [-0.1, -0.05) is 44.4 Å². The van der Waals surface area contributed by atoms with Crippen molar-refractivity contribution in [1.82, 2.24) is 28.5 Å². The molecule has 0 spiro atoms. The number of unbranched alkanes of at least 4 members (excludes halogenated alkanes) is 2. The molecule has 8 nitrogen and oxygen atoms in total. The molecule has 0 amide bonds. The summed E-state index contributed by atoms with van der Waals surface area (Å²) < 4.78 is 5.12. The summed E-state index contributed by atoms with van der Waals surface area (Å²) >= 11 is 1.95. The van der Waals surface area contributed by atoms with Crippen molar-refractivity contribution in [1.29, 1.82) is 0 Å². The van der Waals surface area contributed by atoms with Gasteiger partial charge in [0.25, 0.3) is 5.56 Å². The highest BCUT2D eigenvalue weighted by molar-refractivity contribution is 7.99. The Bertz CT molecular complexity index is 1300. The van der Waals surface area contributed by atoms with E-state index < -0.39 is 0 Å². The van der Waals surface area contributed by atoms with Gasteiger partial charge < -0.3 is 14.4 Å². The van der Waals surface area contributed by atoms with E-state index in [9.17, 15) is 9.59 Å². The van der Waals surface area contributed by atoms with E-state index in [1.807, 2.05) is 16.3 Å². The second-order valence-corrected chi connectivity index (χ2v) is 11.9. The Kier molecular flexibility index (Phi) is 15.6. The van der Waals surface area contributed by atoms with Crippen LogP contribution in [0.5, 0.6) is 0 Å². The molecule has 1 saturated heterocycles. The number of piperazine rings is 1. The number of fused-ring (bicyclic) bond motifs is 1. The van der Waals surface area contributed by atoms with Gasteiger partial charge in [0.05, 0.1) is 6.33 Å². The molecule has 1 aromatic carbocycles. The summed E-state index contributed by atoms with van der Waals surface area (Å²) in [7, 11) is 0. The Morgan fingerprint density at radius 3 is 1.95 bits per heavy atom. The van der Waals surface area contributed by atoms with Crippen LogP contribution in [0.25, 0.3) is 11.2 Å². The number of aromatic nitrogens is 4. The van der Waals surface area contributed by atoms with Crippen molar-refractivity contribution in [2.45, 2.75) is 83.8 Å². The third-order valence-electron chi connectivity index (χ3n) is 7.70. The maximum atomic E-state index is 13.3. The van der Waals surface area contributed by atoms with Gasteiger partial charge in [-0.15, -0.1) is 36.6 Å². The Balaban J connectivity index is 0.00000294. The van der Waals surface area contributed by atoms with Crippen molar-refractivity contribution in [2.75, 3.05) is 45.0 Å². The highest BCUT2D eigenvalue weighted by atomic mass is 35.5. The topological polar surface area (TPSA) is 68.3 Å². The van der Waals surface area contributed by atoms with E-state index in [2.05, 4.69) is 59.8 Å². The fourth-order valence-corrected chi connectivity index (χ4v) is 6.09. The molecular formula is C30H48Cl2N6O2S. The Morgan fingerprint density at radius 2 is 1.34 bits per heavy atom. The normalized spacial score (nSPS) is 14.2. The molecule has 4 rings (SSSR count). The maximum Gasteiger partial charge on any atom is 0.332 e. The number of halogens is 2. The standard InChI is InChI=1S/C30H46N6O2S.2ClH/c1-4-6-17-35-28-27(29(37)36(30(35)38)18-7-5-2)34(24-31-28)16-8-14-32-19-21-33(22-20-32)15-9-23-39-26-12-10-25(3)11-13-26;;/h10-13,24H,4-9,14-23H2,1-3H3;2*1H. The average molecular weight is 628 g/mol. The number of rotatable bonds is 15. The molecule has 1 aliphatic rings. The Morgan fingerprint density at radius 1 is 0.756 bits per heavy atom. The zero-order valence-corrected chi connectivity index (χ0v) is 27.4. The summed E-state index contributed by atoms with van der Waals surface area (Å²) in [6.45, 7) is 14.7. The highest BCUT2D eigenvalue weighted by Crippen LogP contribution is 2.19. The maximum absolute atomic E-state index is 13.3. The Hall–Kier alpha value is -1.78. The van der Waals surface area contributed by atoms with Crippen LogP contribution in [0.2, 0.25) is 0 Å². The average Bonchev–Trinajstić information content (AvgIpc) is 3.37. The predicted octanol–water partition coefficient (Wildman–Crippen LogP) is 5.30. The van der Waals surface area contributed by atoms with Crippen LogP contribution >= 0.6 is 36.6 Å². The van der Waals surface area contributed by atoms with Gasteiger partial charge in [-0.2, -0.15) is 0 Å². The molecule has 0 aliphatic carbocycles. The first-order valence-electron chi connectivity index (χ1n) is 14.8. The molecule has 1 fully saturated rings. The van der Waals surface area contributed by atoms with Crippen molar-refractivity contribution in [3.63, 3.8) is 0 Å². The monoisotopic (exact) mass is 626 g/mol. The smallest absolute Gasteiger partial charge is 0.325 e. The minimum atomic E-state index is -0.216. The third kappa shape index (κ3) is 9.61. The number of imidazole rings is 1. The Labute approximate surface area is 261 Å². The first-order valence-corrected chi connectivity index (χ1v) is 15.8. The van der Waals surface area contributed by atoms with Gasteiger partial charge in [0.1, 0.15) is 0 Å². The molecule has 0 unspecified atom stereocenters.